The van der Waals surface area contributed by atoms with Gasteiger partial charge in [0.25, 0.3) is 0 Å². The Morgan fingerprint density at radius 3 is 2.43 bits per heavy atom. The van der Waals surface area contributed by atoms with Crippen molar-refractivity contribution < 1.29 is 9.53 Å². The van der Waals surface area contributed by atoms with Crippen LogP contribution in [0.2, 0.25) is 0 Å². The first kappa shape index (κ1) is 24.1. The maximum atomic E-state index is 13.3. The summed E-state index contributed by atoms with van der Waals surface area (Å²) in [5.74, 6) is 0.803. The van der Waals surface area contributed by atoms with Gasteiger partial charge in [-0.25, -0.2) is 4.98 Å². The minimum Gasteiger partial charge on any atom is -0.494 e. The lowest BCUT2D eigenvalue weighted by molar-refractivity contribution is -0.118. The van der Waals surface area contributed by atoms with Crippen LogP contribution in [-0.4, -0.2) is 50.1 Å². The summed E-state index contributed by atoms with van der Waals surface area (Å²) in [7, 11) is 5.68. The van der Waals surface area contributed by atoms with E-state index in [1.165, 1.54) is 5.56 Å². The van der Waals surface area contributed by atoms with Crippen molar-refractivity contribution in [3.05, 3.63) is 52.6 Å². The van der Waals surface area contributed by atoms with Gasteiger partial charge < -0.3 is 9.64 Å². The van der Waals surface area contributed by atoms with Crippen LogP contribution in [0.3, 0.4) is 0 Å². The summed E-state index contributed by atoms with van der Waals surface area (Å²) in [4.78, 5) is 22.0. The van der Waals surface area contributed by atoms with Crippen LogP contribution >= 0.6 is 23.7 Å². The molecule has 0 atom stereocenters. The van der Waals surface area contributed by atoms with Crippen LogP contribution in [0.5, 0.6) is 5.75 Å². The van der Waals surface area contributed by atoms with Crippen LogP contribution < -0.4 is 9.64 Å². The molecule has 30 heavy (non-hydrogen) atoms. The monoisotopic (exact) mass is 447 g/mol. The molecule has 7 heteroatoms. The van der Waals surface area contributed by atoms with Crippen LogP contribution in [0.4, 0.5) is 5.13 Å². The Morgan fingerprint density at radius 2 is 1.80 bits per heavy atom. The predicted octanol–water partition coefficient (Wildman–Crippen LogP) is 4.79. The van der Waals surface area contributed by atoms with Crippen molar-refractivity contribution in [2.45, 2.75) is 27.2 Å². The SMILES string of the molecule is COc1ccc(C)c2sc(N(CCN(C)C)C(=O)Cc3ccc(C)cc3C)nc12.Cl. The van der Waals surface area contributed by atoms with Gasteiger partial charge in [-0.05, 0) is 57.6 Å². The van der Waals surface area contributed by atoms with Gasteiger partial charge in [-0.2, -0.15) is 0 Å². The molecule has 0 N–H and O–H groups in total. The number of rotatable bonds is 7. The molecule has 1 amide bonds. The van der Waals surface area contributed by atoms with Crippen molar-refractivity contribution in [1.82, 2.24) is 9.88 Å². The number of methoxy groups -OCH3 is 1. The van der Waals surface area contributed by atoms with Gasteiger partial charge in [0, 0.05) is 13.1 Å². The molecule has 0 saturated carbocycles. The first-order valence-corrected chi connectivity index (χ1v) is 10.6. The molecule has 0 unspecified atom stereocenters. The third kappa shape index (κ3) is 5.31. The number of benzene rings is 2. The second-order valence-electron chi connectivity index (χ2n) is 7.71. The number of aromatic nitrogens is 1. The summed E-state index contributed by atoms with van der Waals surface area (Å²) >= 11 is 1.55. The number of amides is 1. The fourth-order valence-electron chi connectivity index (χ4n) is 3.31. The normalized spacial score (nSPS) is 10.9. The van der Waals surface area contributed by atoms with E-state index in [0.717, 1.165) is 44.3 Å². The van der Waals surface area contributed by atoms with Gasteiger partial charge in [0.05, 0.1) is 18.2 Å². The van der Waals surface area contributed by atoms with Gasteiger partial charge in [-0.1, -0.05) is 41.2 Å². The standard InChI is InChI=1S/C23H29N3O2S.ClH/c1-15-7-9-18(17(3)13-15)14-20(27)26(12-11-25(4)5)23-24-21-19(28-6)10-8-16(2)22(21)29-23;/h7-10,13H,11-12,14H2,1-6H3;1H. The van der Waals surface area contributed by atoms with E-state index in [-0.39, 0.29) is 18.3 Å². The maximum Gasteiger partial charge on any atom is 0.233 e. The van der Waals surface area contributed by atoms with E-state index in [0.29, 0.717) is 13.0 Å². The first-order chi connectivity index (χ1) is 13.8. The molecular weight excluding hydrogens is 418 g/mol. The summed E-state index contributed by atoms with van der Waals surface area (Å²) in [5.41, 5.74) is 5.37. The summed E-state index contributed by atoms with van der Waals surface area (Å²) in [6, 6.07) is 10.2. The topological polar surface area (TPSA) is 45.7 Å². The Labute approximate surface area is 189 Å². The number of halogens is 1. The Bertz CT molecular complexity index is 1030. The number of fused-ring (bicyclic) bond motifs is 1. The second kappa shape index (κ2) is 10.2. The molecule has 0 saturated heterocycles. The number of likely N-dealkylation sites (N-methyl/N-ethyl adjacent to an activating group) is 1. The fourth-order valence-corrected chi connectivity index (χ4v) is 4.40. The van der Waals surface area contributed by atoms with Crippen molar-refractivity contribution in [2.24, 2.45) is 0 Å². The first-order valence-electron chi connectivity index (χ1n) is 9.75. The van der Waals surface area contributed by atoms with Gasteiger partial charge >= 0.3 is 0 Å². The van der Waals surface area contributed by atoms with Crippen LogP contribution in [0.1, 0.15) is 22.3 Å². The lowest BCUT2D eigenvalue weighted by Crippen LogP contribution is -2.37. The Morgan fingerprint density at radius 1 is 1.07 bits per heavy atom. The molecule has 0 aliphatic carbocycles. The zero-order chi connectivity index (χ0) is 21.1. The number of hydrogen-bond acceptors (Lipinski definition) is 5. The molecule has 0 aliphatic rings. The smallest absolute Gasteiger partial charge is 0.233 e. The number of aryl methyl sites for hydroxylation is 3. The summed E-state index contributed by atoms with van der Waals surface area (Å²) in [6.07, 6.45) is 0.367. The van der Waals surface area contributed by atoms with Gasteiger partial charge in [-0.3, -0.25) is 9.69 Å². The van der Waals surface area contributed by atoms with Crippen LogP contribution in [0.25, 0.3) is 10.2 Å². The molecule has 1 heterocycles. The molecule has 2 aromatic carbocycles. The Balaban J connectivity index is 0.00000320. The number of ether oxygens (including phenoxy) is 1. The Hall–Kier alpha value is -2.15. The van der Waals surface area contributed by atoms with Crippen molar-refractivity contribution >= 4 is 45.0 Å². The second-order valence-corrected chi connectivity index (χ2v) is 8.69. The minimum atomic E-state index is 0. The van der Waals surface area contributed by atoms with Crippen LogP contribution in [0.15, 0.2) is 30.3 Å². The summed E-state index contributed by atoms with van der Waals surface area (Å²) in [6.45, 7) is 7.55. The molecule has 3 rings (SSSR count). The molecular formula is C23H30ClN3O2S. The third-order valence-electron chi connectivity index (χ3n) is 5.05. The minimum absolute atomic E-state index is 0. The molecule has 5 nitrogen and oxygen atoms in total. The van der Waals surface area contributed by atoms with E-state index in [1.54, 1.807) is 18.4 Å². The zero-order valence-electron chi connectivity index (χ0n) is 18.5. The largest absolute Gasteiger partial charge is 0.494 e. The van der Waals surface area contributed by atoms with E-state index < -0.39 is 0 Å². The maximum absolute atomic E-state index is 13.3. The van der Waals surface area contributed by atoms with E-state index in [1.807, 2.05) is 31.1 Å². The quantitative estimate of drug-likeness (QED) is 0.522. The van der Waals surface area contributed by atoms with Crippen molar-refractivity contribution in [3.63, 3.8) is 0 Å². The van der Waals surface area contributed by atoms with Gasteiger partial charge in [0.2, 0.25) is 5.91 Å². The van der Waals surface area contributed by atoms with Crippen molar-refractivity contribution in [1.29, 1.82) is 0 Å². The van der Waals surface area contributed by atoms with E-state index in [9.17, 15) is 4.79 Å². The molecule has 1 aromatic heterocycles. The average molecular weight is 448 g/mol. The predicted molar refractivity (Wildman–Crippen MR) is 129 cm³/mol. The number of nitrogens with zero attached hydrogens (tertiary/aromatic N) is 3. The van der Waals surface area contributed by atoms with Gasteiger partial charge in [0.1, 0.15) is 11.3 Å². The number of carbonyl (C=O) groups excluding carboxylic acids is 1. The average Bonchev–Trinajstić information content (AvgIpc) is 3.10. The van der Waals surface area contributed by atoms with Gasteiger partial charge in [-0.15, -0.1) is 12.4 Å². The van der Waals surface area contributed by atoms with Crippen LogP contribution in [0, 0.1) is 20.8 Å². The number of anilines is 1. The highest BCUT2D eigenvalue weighted by Crippen LogP contribution is 2.36. The molecule has 0 aliphatic heterocycles. The van der Waals surface area contributed by atoms with Crippen LogP contribution in [-0.2, 0) is 11.2 Å². The zero-order valence-corrected chi connectivity index (χ0v) is 20.1. The highest BCUT2D eigenvalue weighted by Gasteiger charge is 2.22. The van der Waals surface area contributed by atoms with Crippen molar-refractivity contribution in [3.8, 4) is 5.75 Å². The number of thiazole rings is 1. The van der Waals surface area contributed by atoms with Crippen molar-refractivity contribution in [2.75, 3.05) is 39.2 Å². The molecule has 0 spiro atoms. The third-order valence-corrected chi connectivity index (χ3v) is 6.27. The van der Waals surface area contributed by atoms with E-state index >= 15 is 0 Å². The van der Waals surface area contributed by atoms with Gasteiger partial charge in [0.15, 0.2) is 5.13 Å². The van der Waals surface area contributed by atoms with E-state index in [4.69, 9.17) is 9.72 Å². The Kier molecular flexibility index (Phi) is 8.24. The molecule has 0 bridgehead atoms. The van der Waals surface area contributed by atoms with E-state index in [2.05, 4.69) is 43.9 Å². The highest BCUT2D eigenvalue weighted by atomic mass is 35.5. The summed E-state index contributed by atoms with van der Waals surface area (Å²) < 4.78 is 6.55. The number of hydrogen-bond donors (Lipinski definition) is 0. The molecule has 0 radical (unpaired) electrons. The summed E-state index contributed by atoms with van der Waals surface area (Å²) in [5, 5.41) is 0.726. The molecule has 3 aromatic rings. The molecule has 162 valence electrons. The lowest BCUT2D eigenvalue weighted by Gasteiger charge is -2.22. The number of carbonyl (C=O) groups is 1. The highest BCUT2D eigenvalue weighted by molar-refractivity contribution is 7.22. The molecule has 0 fully saturated rings. The lowest BCUT2D eigenvalue weighted by atomic mass is 10.0. The fraction of sp³-hybridized carbons (Fsp3) is 0.391.